The monoisotopic (exact) mass is 263 g/mol. The van der Waals surface area contributed by atoms with Crippen LogP contribution in [0.5, 0.6) is 0 Å². The number of aromatic nitrogens is 2. The Hall–Kier alpha value is -1.65. The Balaban J connectivity index is 2.47. The maximum atomic E-state index is 11.7. The smallest absolute Gasteiger partial charge is 0.267 e. The van der Waals surface area contributed by atoms with Gasteiger partial charge in [-0.1, -0.05) is 23.7 Å². The molecular weight excluding hydrogens is 250 g/mol. The molecule has 0 saturated carbocycles. The van der Waals surface area contributed by atoms with Gasteiger partial charge in [-0.2, -0.15) is 5.10 Å². The first-order chi connectivity index (χ1) is 8.61. The number of hydrogen-bond donors (Lipinski definition) is 1. The normalized spacial score (nSPS) is 12.4. The molecule has 1 aromatic heterocycles. The van der Waals surface area contributed by atoms with E-state index in [0.717, 1.165) is 11.3 Å². The van der Waals surface area contributed by atoms with Crippen molar-refractivity contribution in [2.75, 3.05) is 6.54 Å². The van der Waals surface area contributed by atoms with Crippen LogP contribution in [0.15, 0.2) is 41.2 Å². The predicted molar refractivity (Wildman–Crippen MR) is 72.7 cm³/mol. The quantitative estimate of drug-likeness (QED) is 0.922. The van der Waals surface area contributed by atoms with Gasteiger partial charge in [0.15, 0.2) is 0 Å². The van der Waals surface area contributed by atoms with Crippen LogP contribution in [0.25, 0.3) is 11.3 Å². The van der Waals surface area contributed by atoms with Gasteiger partial charge in [0, 0.05) is 23.2 Å². The minimum absolute atomic E-state index is 0.121. The Morgan fingerprint density at radius 3 is 2.56 bits per heavy atom. The average molecular weight is 264 g/mol. The number of nitrogens with zero attached hydrogens (tertiary/aromatic N) is 2. The summed E-state index contributed by atoms with van der Waals surface area (Å²) in [6.45, 7) is 2.23. The summed E-state index contributed by atoms with van der Waals surface area (Å²) in [6.07, 6.45) is 0. The summed E-state index contributed by atoms with van der Waals surface area (Å²) in [7, 11) is 0. The van der Waals surface area contributed by atoms with E-state index in [-0.39, 0.29) is 11.6 Å². The third kappa shape index (κ3) is 2.60. The van der Waals surface area contributed by atoms with Crippen LogP contribution in [0.3, 0.4) is 0 Å². The summed E-state index contributed by atoms with van der Waals surface area (Å²) in [5.41, 5.74) is 7.06. The number of hydrogen-bond acceptors (Lipinski definition) is 3. The SMILES string of the molecule is CC(CN)n1nc(-c2ccc(Cl)cc2)ccc1=O. The van der Waals surface area contributed by atoms with Gasteiger partial charge in [0.05, 0.1) is 11.7 Å². The van der Waals surface area contributed by atoms with Crippen LogP contribution in [0.4, 0.5) is 0 Å². The van der Waals surface area contributed by atoms with Gasteiger partial charge in [0.1, 0.15) is 0 Å². The zero-order valence-electron chi connectivity index (χ0n) is 10.0. The van der Waals surface area contributed by atoms with E-state index in [0.29, 0.717) is 11.6 Å². The van der Waals surface area contributed by atoms with E-state index in [9.17, 15) is 4.79 Å². The molecule has 1 unspecified atom stereocenters. The molecule has 1 aromatic carbocycles. The third-order valence-electron chi connectivity index (χ3n) is 2.72. The van der Waals surface area contributed by atoms with E-state index in [1.165, 1.54) is 10.7 Å². The zero-order chi connectivity index (χ0) is 13.1. The fraction of sp³-hybridized carbons (Fsp3) is 0.231. The number of rotatable bonds is 3. The Labute approximate surface area is 110 Å². The lowest BCUT2D eigenvalue weighted by Gasteiger charge is -2.12. The van der Waals surface area contributed by atoms with Crippen LogP contribution in [0.2, 0.25) is 5.02 Å². The van der Waals surface area contributed by atoms with Gasteiger partial charge in [-0.05, 0) is 25.1 Å². The van der Waals surface area contributed by atoms with Crippen LogP contribution in [-0.2, 0) is 0 Å². The van der Waals surface area contributed by atoms with E-state index in [4.69, 9.17) is 17.3 Å². The van der Waals surface area contributed by atoms with Crippen molar-refractivity contribution in [2.24, 2.45) is 5.73 Å². The van der Waals surface area contributed by atoms with Crippen molar-refractivity contribution in [3.63, 3.8) is 0 Å². The summed E-state index contributed by atoms with van der Waals surface area (Å²) in [6, 6.07) is 10.4. The highest BCUT2D eigenvalue weighted by atomic mass is 35.5. The summed E-state index contributed by atoms with van der Waals surface area (Å²) in [4.78, 5) is 11.7. The van der Waals surface area contributed by atoms with Crippen LogP contribution in [0.1, 0.15) is 13.0 Å². The molecule has 0 fully saturated rings. The first kappa shape index (κ1) is 12.8. The summed E-state index contributed by atoms with van der Waals surface area (Å²) < 4.78 is 1.41. The van der Waals surface area contributed by atoms with Crippen LogP contribution < -0.4 is 11.3 Å². The topological polar surface area (TPSA) is 60.9 Å². The second kappa shape index (κ2) is 5.33. The lowest BCUT2D eigenvalue weighted by Crippen LogP contribution is -2.29. The largest absolute Gasteiger partial charge is 0.328 e. The number of halogens is 1. The molecule has 18 heavy (non-hydrogen) atoms. The van der Waals surface area contributed by atoms with Gasteiger partial charge in [0.25, 0.3) is 5.56 Å². The van der Waals surface area contributed by atoms with Crippen molar-refractivity contribution in [1.29, 1.82) is 0 Å². The molecule has 1 heterocycles. The standard InChI is InChI=1S/C13H14ClN3O/c1-9(8-15)17-13(18)7-6-12(16-17)10-2-4-11(14)5-3-10/h2-7,9H,8,15H2,1H3. The van der Waals surface area contributed by atoms with Gasteiger partial charge in [-0.15, -0.1) is 0 Å². The van der Waals surface area contributed by atoms with Crippen molar-refractivity contribution in [2.45, 2.75) is 13.0 Å². The van der Waals surface area contributed by atoms with Gasteiger partial charge in [-0.3, -0.25) is 4.79 Å². The minimum atomic E-state index is -0.148. The fourth-order valence-electron chi connectivity index (χ4n) is 1.62. The van der Waals surface area contributed by atoms with Gasteiger partial charge >= 0.3 is 0 Å². The fourth-order valence-corrected chi connectivity index (χ4v) is 1.74. The zero-order valence-corrected chi connectivity index (χ0v) is 10.8. The molecule has 1 atom stereocenters. The Morgan fingerprint density at radius 2 is 1.94 bits per heavy atom. The molecule has 0 saturated heterocycles. The van der Waals surface area contributed by atoms with Crippen LogP contribution in [-0.4, -0.2) is 16.3 Å². The van der Waals surface area contributed by atoms with Gasteiger partial charge in [-0.25, -0.2) is 4.68 Å². The second-order valence-corrected chi connectivity index (χ2v) is 4.53. The Kier molecular flexibility index (Phi) is 3.79. The first-order valence-electron chi connectivity index (χ1n) is 5.67. The van der Waals surface area contributed by atoms with Crippen molar-refractivity contribution < 1.29 is 0 Å². The van der Waals surface area contributed by atoms with Crippen molar-refractivity contribution in [3.8, 4) is 11.3 Å². The highest BCUT2D eigenvalue weighted by molar-refractivity contribution is 6.30. The molecule has 0 amide bonds. The molecular formula is C13H14ClN3O. The Bertz CT molecular complexity index is 592. The van der Waals surface area contributed by atoms with E-state index < -0.39 is 0 Å². The predicted octanol–water partition coefficient (Wildman–Crippen LogP) is 2.08. The lowest BCUT2D eigenvalue weighted by atomic mass is 10.1. The summed E-state index contributed by atoms with van der Waals surface area (Å²) in [5.74, 6) is 0. The molecule has 0 aliphatic rings. The van der Waals surface area contributed by atoms with Crippen molar-refractivity contribution >= 4 is 11.6 Å². The van der Waals surface area contributed by atoms with Gasteiger partial charge in [0.2, 0.25) is 0 Å². The molecule has 94 valence electrons. The lowest BCUT2D eigenvalue weighted by molar-refractivity contribution is 0.477. The van der Waals surface area contributed by atoms with E-state index in [1.54, 1.807) is 18.2 Å². The third-order valence-corrected chi connectivity index (χ3v) is 2.98. The summed E-state index contributed by atoms with van der Waals surface area (Å²) >= 11 is 5.84. The summed E-state index contributed by atoms with van der Waals surface area (Å²) in [5, 5.41) is 4.99. The molecule has 0 aliphatic heterocycles. The molecule has 0 bridgehead atoms. The van der Waals surface area contributed by atoms with E-state index in [2.05, 4.69) is 5.10 Å². The molecule has 2 aromatic rings. The highest BCUT2D eigenvalue weighted by Crippen LogP contribution is 2.18. The molecule has 0 aliphatic carbocycles. The minimum Gasteiger partial charge on any atom is -0.328 e. The molecule has 4 nitrogen and oxygen atoms in total. The second-order valence-electron chi connectivity index (χ2n) is 4.09. The van der Waals surface area contributed by atoms with Crippen LogP contribution >= 0.6 is 11.6 Å². The maximum Gasteiger partial charge on any atom is 0.267 e. The Morgan fingerprint density at radius 1 is 1.28 bits per heavy atom. The highest BCUT2D eigenvalue weighted by Gasteiger charge is 2.08. The van der Waals surface area contributed by atoms with E-state index >= 15 is 0 Å². The molecule has 0 spiro atoms. The molecule has 2 N–H and O–H groups in total. The average Bonchev–Trinajstić information content (AvgIpc) is 2.39. The molecule has 2 rings (SSSR count). The van der Waals surface area contributed by atoms with E-state index in [1.807, 2.05) is 19.1 Å². The van der Waals surface area contributed by atoms with Crippen LogP contribution in [0, 0.1) is 0 Å². The first-order valence-corrected chi connectivity index (χ1v) is 6.05. The molecule has 5 heteroatoms. The van der Waals surface area contributed by atoms with Crippen molar-refractivity contribution in [1.82, 2.24) is 9.78 Å². The van der Waals surface area contributed by atoms with Crippen molar-refractivity contribution in [3.05, 3.63) is 51.8 Å². The molecule has 0 radical (unpaired) electrons. The maximum absolute atomic E-state index is 11.7. The number of nitrogens with two attached hydrogens (primary N) is 1. The van der Waals surface area contributed by atoms with Gasteiger partial charge < -0.3 is 5.73 Å². The number of benzene rings is 1.